The van der Waals surface area contributed by atoms with Crippen molar-refractivity contribution in [1.29, 1.82) is 0 Å². The zero-order chi connectivity index (χ0) is 8.97. The molecule has 0 aromatic carbocycles. The lowest BCUT2D eigenvalue weighted by Gasteiger charge is -2.30. The maximum absolute atomic E-state index is 5.54. The molecule has 1 saturated carbocycles. The third kappa shape index (κ3) is 2.46. The summed E-state index contributed by atoms with van der Waals surface area (Å²) in [6.07, 6.45) is 6.76. The molecule has 1 aliphatic rings. The summed E-state index contributed by atoms with van der Waals surface area (Å²) >= 11 is 0. The molecule has 0 saturated heterocycles. The van der Waals surface area contributed by atoms with Crippen LogP contribution in [0.1, 0.15) is 39.0 Å². The first kappa shape index (κ1) is 10.0. The Morgan fingerprint density at radius 1 is 1.42 bits per heavy atom. The first-order chi connectivity index (χ1) is 5.75. The van der Waals surface area contributed by atoms with Crippen molar-refractivity contribution in [3.63, 3.8) is 0 Å². The molecular weight excluding hydrogens is 148 g/mol. The van der Waals surface area contributed by atoms with Crippen LogP contribution in [0.4, 0.5) is 0 Å². The molecule has 1 aliphatic carbocycles. The minimum absolute atomic E-state index is 0.665. The predicted molar refractivity (Wildman–Crippen MR) is 53.2 cm³/mol. The molecule has 72 valence electrons. The largest absolute Gasteiger partial charge is 0.330 e. The second kappa shape index (κ2) is 4.83. The van der Waals surface area contributed by atoms with Gasteiger partial charge in [-0.2, -0.15) is 0 Å². The maximum Gasteiger partial charge on any atom is 0.00950 e. The van der Waals surface area contributed by atoms with Gasteiger partial charge in [0.05, 0.1) is 0 Å². The number of rotatable bonds is 4. The molecule has 0 aromatic heterocycles. The molecule has 2 nitrogen and oxygen atoms in total. The summed E-state index contributed by atoms with van der Waals surface area (Å²) in [5, 5.41) is 0. The van der Waals surface area contributed by atoms with Crippen LogP contribution in [0.2, 0.25) is 0 Å². The van der Waals surface area contributed by atoms with Crippen LogP contribution in [-0.2, 0) is 0 Å². The summed E-state index contributed by atoms with van der Waals surface area (Å²) in [4.78, 5) is 2.51. The Balaban J connectivity index is 2.29. The Morgan fingerprint density at radius 2 is 2.00 bits per heavy atom. The van der Waals surface area contributed by atoms with Crippen LogP contribution >= 0.6 is 0 Å². The highest BCUT2D eigenvalue weighted by atomic mass is 15.2. The van der Waals surface area contributed by atoms with Crippen molar-refractivity contribution in [2.24, 2.45) is 5.73 Å². The smallest absolute Gasteiger partial charge is 0.00950 e. The fourth-order valence-electron chi connectivity index (χ4n) is 2.12. The zero-order valence-corrected chi connectivity index (χ0v) is 8.42. The van der Waals surface area contributed by atoms with Gasteiger partial charge in [-0.1, -0.05) is 12.8 Å². The summed E-state index contributed by atoms with van der Waals surface area (Å²) < 4.78 is 0. The highest BCUT2D eigenvalue weighted by Gasteiger charge is 2.22. The summed E-state index contributed by atoms with van der Waals surface area (Å²) in [6.45, 7) is 3.10. The molecule has 1 atom stereocenters. The van der Waals surface area contributed by atoms with E-state index in [0.29, 0.717) is 6.04 Å². The van der Waals surface area contributed by atoms with E-state index in [0.717, 1.165) is 19.0 Å². The maximum atomic E-state index is 5.54. The van der Waals surface area contributed by atoms with Gasteiger partial charge < -0.3 is 10.6 Å². The van der Waals surface area contributed by atoms with Crippen molar-refractivity contribution in [3.05, 3.63) is 0 Å². The Hall–Kier alpha value is -0.0800. The van der Waals surface area contributed by atoms with Crippen LogP contribution in [0.25, 0.3) is 0 Å². The molecule has 0 aliphatic heterocycles. The molecule has 0 amide bonds. The fraction of sp³-hybridized carbons (Fsp3) is 1.00. The molecule has 0 radical (unpaired) electrons. The molecule has 2 heteroatoms. The van der Waals surface area contributed by atoms with E-state index in [1.54, 1.807) is 0 Å². The van der Waals surface area contributed by atoms with Gasteiger partial charge >= 0.3 is 0 Å². The first-order valence-corrected chi connectivity index (χ1v) is 5.17. The van der Waals surface area contributed by atoms with Crippen LogP contribution in [0.15, 0.2) is 0 Å². The van der Waals surface area contributed by atoms with Crippen LogP contribution < -0.4 is 5.73 Å². The summed E-state index contributed by atoms with van der Waals surface area (Å²) in [7, 11) is 2.25. The van der Waals surface area contributed by atoms with E-state index in [1.165, 1.54) is 25.7 Å². The molecule has 0 heterocycles. The zero-order valence-electron chi connectivity index (χ0n) is 8.42. The average molecular weight is 170 g/mol. The summed E-state index contributed by atoms with van der Waals surface area (Å²) in [5.41, 5.74) is 5.54. The third-order valence-corrected chi connectivity index (χ3v) is 3.18. The molecule has 0 aromatic rings. The third-order valence-electron chi connectivity index (χ3n) is 3.18. The number of nitrogens with two attached hydrogens (primary N) is 1. The topological polar surface area (TPSA) is 29.3 Å². The van der Waals surface area contributed by atoms with Gasteiger partial charge in [-0.3, -0.25) is 0 Å². The monoisotopic (exact) mass is 170 g/mol. The minimum Gasteiger partial charge on any atom is -0.330 e. The quantitative estimate of drug-likeness (QED) is 0.694. The average Bonchev–Trinajstić information content (AvgIpc) is 2.55. The van der Waals surface area contributed by atoms with E-state index in [2.05, 4.69) is 18.9 Å². The second-order valence-corrected chi connectivity index (χ2v) is 4.03. The van der Waals surface area contributed by atoms with E-state index in [4.69, 9.17) is 5.73 Å². The number of hydrogen-bond acceptors (Lipinski definition) is 2. The lowest BCUT2D eigenvalue weighted by molar-refractivity contribution is 0.180. The normalized spacial score (nSPS) is 22.0. The number of hydrogen-bond donors (Lipinski definition) is 1. The Kier molecular flexibility index (Phi) is 4.02. The summed E-state index contributed by atoms with van der Waals surface area (Å²) in [6, 6.07) is 1.50. The van der Waals surface area contributed by atoms with Crippen LogP contribution in [0.3, 0.4) is 0 Å². The Labute approximate surface area is 76.1 Å². The predicted octanol–water partition coefficient (Wildman–Crippen LogP) is 1.60. The van der Waals surface area contributed by atoms with Crippen molar-refractivity contribution in [3.8, 4) is 0 Å². The molecule has 12 heavy (non-hydrogen) atoms. The Morgan fingerprint density at radius 3 is 2.50 bits per heavy atom. The lowest BCUT2D eigenvalue weighted by atomic mass is 10.1. The Bertz CT molecular complexity index is 119. The van der Waals surface area contributed by atoms with Gasteiger partial charge in [-0.15, -0.1) is 0 Å². The molecule has 1 unspecified atom stereocenters. The molecule has 1 fully saturated rings. The first-order valence-electron chi connectivity index (χ1n) is 5.17. The molecule has 0 bridgehead atoms. The van der Waals surface area contributed by atoms with Gasteiger partial charge in [0.15, 0.2) is 0 Å². The highest BCUT2D eigenvalue weighted by molar-refractivity contribution is 4.78. The van der Waals surface area contributed by atoms with Gasteiger partial charge in [-0.05, 0) is 39.8 Å². The highest BCUT2D eigenvalue weighted by Crippen LogP contribution is 2.24. The molecule has 1 rings (SSSR count). The fourth-order valence-corrected chi connectivity index (χ4v) is 2.12. The van der Waals surface area contributed by atoms with Crippen LogP contribution in [0.5, 0.6) is 0 Å². The number of nitrogens with zero attached hydrogens (tertiary/aromatic N) is 1. The van der Waals surface area contributed by atoms with Crippen molar-refractivity contribution in [2.45, 2.75) is 51.1 Å². The molecule has 0 spiro atoms. The van der Waals surface area contributed by atoms with Gasteiger partial charge in [0.25, 0.3) is 0 Å². The van der Waals surface area contributed by atoms with E-state index in [-0.39, 0.29) is 0 Å². The minimum atomic E-state index is 0.665. The van der Waals surface area contributed by atoms with Gasteiger partial charge in [-0.25, -0.2) is 0 Å². The lowest BCUT2D eigenvalue weighted by Crippen LogP contribution is -2.38. The van der Waals surface area contributed by atoms with E-state index in [9.17, 15) is 0 Å². The van der Waals surface area contributed by atoms with Crippen molar-refractivity contribution < 1.29 is 0 Å². The van der Waals surface area contributed by atoms with Crippen molar-refractivity contribution in [2.75, 3.05) is 13.6 Å². The van der Waals surface area contributed by atoms with E-state index < -0.39 is 0 Å². The summed E-state index contributed by atoms with van der Waals surface area (Å²) in [5.74, 6) is 0. The SMILES string of the molecule is CC(CCN)N(C)C1CCCC1. The van der Waals surface area contributed by atoms with Gasteiger partial charge in [0.2, 0.25) is 0 Å². The van der Waals surface area contributed by atoms with Gasteiger partial charge in [0.1, 0.15) is 0 Å². The second-order valence-electron chi connectivity index (χ2n) is 4.03. The van der Waals surface area contributed by atoms with Crippen molar-refractivity contribution >= 4 is 0 Å². The van der Waals surface area contributed by atoms with Crippen LogP contribution in [-0.4, -0.2) is 30.6 Å². The standard InChI is InChI=1S/C10H22N2/c1-9(7-8-11)12(2)10-5-3-4-6-10/h9-10H,3-8,11H2,1-2H3. The molecular formula is C10H22N2. The van der Waals surface area contributed by atoms with Crippen molar-refractivity contribution in [1.82, 2.24) is 4.90 Å². The van der Waals surface area contributed by atoms with Gasteiger partial charge in [0, 0.05) is 12.1 Å². The van der Waals surface area contributed by atoms with E-state index >= 15 is 0 Å². The molecule has 2 N–H and O–H groups in total. The van der Waals surface area contributed by atoms with Crippen LogP contribution in [0, 0.1) is 0 Å². The van der Waals surface area contributed by atoms with E-state index in [1.807, 2.05) is 0 Å².